The topological polar surface area (TPSA) is 95.7 Å². The van der Waals surface area contributed by atoms with E-state index in [2.05, 4.69) is 34.1 Å². The third-order valence-electron chi connectivity index (χ3n) is 4.92. The second-order valence-corrected chi connectivity index (χ2v) is 7.93. The van der Waals surface area contributed by atoms with Crippen molar-refractivity contribution in [1.29, 1.82) is 0 Å². The van der Waals surface area contributed by atoms with Gasteiger partial charge in [0.25, 0.3) is 0 Å². The van der Waals surface area contributed by atoms with Gasteiger partial charge in [0.05, 0.1) is 18.9 Å². The lowest BCUT2D eigenvalue weighted by Crippen LogP contribution is -2.21. The molecule has 31 heavy (non-hydrogen) atoms. The van der Waals surface area contributed by atoms with Crippen LogP contribution in [-0.4, -0.2) is 51.2 Å². The van der Waals surface area contributed by atoms with E-state index in [1.165, 1.54) is 7.11 Å². The molecule has 0 bridgehead atoms. The maximum atomic E-state index is 11.1. The minimum atomic E-state index is -0.803. The van der Waals surface area contributed by atoms with E-state index in [9.17, 15) is 9.90 Å². The van der Waals surface area contributed by atoms with E-state index in [-0.39, 0.29) is 18.2 Å². The third kappa shape index (κ3) is 7.72. The molecule has 0 aliphatic carbocycles. The highest BCUT2D eigenvalue weighted by Gasteiger charge is 2.39. The molecule has 1 aliphatic rings. The molecule has 1 aromatic rings. The number of allylic oxidation sites excluding steroid dienone is 2. The van der Waals surface area contributed by atoms with Gasteiger partial charge in [0.15, 0.2) is 5.79 Å². The molecule has 1 aliphatic heterocycles. The summed E-state index contributed by atoms with van der Waals surface area (Å²) in [5, 5.41) is 18.8. The monoisotopic (exact) mass is 433 g/mol. The number of rotatable bonds is 11. The number of carbonyl (C=O) groups excluding carboxylic acids is 1. The first kappa shape index (κ1) is 25.0. The van der Waals surface area contributed by atoms with Crippen LogP contribution in [0.15, 0.2) is 30.4 Å². The van der Waals surface area contributed by atoms with Crippen molar-refractivity contribution >= 4 is 12.0 Å². The van der Waals surface area contributed by atoms with Crippen LogP contribution in [-0.2, 0) is 26.1 Å². The van der Waals surface area contributed by atoms with E-state index in [4.69, 9.17) is 9.47 Å². The van der Waals surface area contributed by atoms with Gasteiger partial charge < -0.3 is 19.3 Å². The van der Waals surface area contributed by atoms with Crippen LogP contribution < -0.4 is 0 Å². The first-order valence-corrected chi connectivity index (χ1v) is 10.8. The maximum absolute atomic E-state index is 11.1. The fourth-order valence-corrected chi connectivity index (χ4v) is 3.36. The van der Waals surface area contributed by atoms with Gasteiger partial charge in [-0.3, -0.25) is 4.79 Å². The molecule has 1 saturated heterocycles. The van der Waals surface area contributed by atoms with Crippen molar-refractivity contribution in [2.24, 2.45) is 7.05 Å². The number of nitrogens with zero attached hydrogens (tertiary/aromatic N) is 3. The number of hydrogen-bond donors (Lipinski definition) is 1. The van der Waals surface area contributed by atoms with Crippen molar-refractivity contribution in [3.8, 4) is 0 Å². The molecule has 0 radical (unpaired) electrons. The van der Waals surface area contributed by atoms with Gasteiger partial charge in [-0.2, -0.15) is 0 Å². The van der Waals surface area contributed by atoms with Crippen molar-refractivity contribution in [2.75, 3.05) is 7.11 Å². The average Bonchev–Trinajstić information content (AvgIpc) is 3.24. The number of ether oxygens (including phenoxy) is 3. The molecular weight excluding hydrogens is 398 g/mol. The summed E-state index contributed by atoms with van der Waals surface area (Å²) in [6.07, 6.45) is 13.7. The fourth-order valence-electron chi connectivity index (χ4n) is 3.36. The zero-order valence-electron chi connectivity index (χ0n) is 19.2. The predicted octanol–water partition coefficient (Wildman–Crippen LogP) is 3.64. The molecule has 2 heterocycles. The van der Waals surface area contributed by atoms with E-state index in [0.29, 0.717) is 30.7 Å². The Labute approximate surface area is 184 Å². The Kier molecular flexibility index (Phi) is 9.61. The fraction of sp³-hybridized carbons (Fsp3) is 0.609. The van der Waals surface area contributed by atoms with E-state index < -0.39 is 11.9 Å². The summed E-state index contributed by atoms with van der Waals surface area (Å²) in [4.78, 5) is 11.1. The van der Waals surface area contributed by atoms with Crippen LogP contribution in [0, 0.1) is 0 Å². The molecule has 0 saturated carbocycles. The molecule has 8 heteroatoms. The lowest BCUT2D eigenvalue weighted by molar-refractivity contribution is -0.142. The highest BCUT2D eigenvalue weighted by molar-refractivity contribution is 5.69. The van der Waals surface area contributed by atoms with Crippen LogP contribution in [0.25, 0.3) is 6.08 Å². The molecule has 1 N–H and O–H groups in total. The van der Waals surface area contributed by atoms with Crippen LogP contribution in [0.4, 0.5) is 0 Å². The highest BCUT2D eigenvalue weighted by atomic mass is 16.7. The number of aromatic nitrogens is 3. The Morgan fingerprint density at radius 3 is 2.77 bits per heavy atom. The summed E-state index contributed by atoms with van der Waals surface area (Å²) < 4.78 is 18.3. The molecule has 2 rings (SSSR count). The number of aliphatic hydroxyl groups is 1. The van der Waals surface area contributed by atoms with Gasteiger partial charge in [-0.15, -0.1) is 5.10 Å². The normalized spacial score (nSPS) is 22.1. The summed E-state index contributed by atoms with van der Waals surface area (Å²) in [7, 11) is 3.15. The summed E-state index contributed by atoms with van der Waals surface area (Å²) in [6, 6.07) is 0. The Balaban J connectivity index is 2.04. The van der Waals surface area contributed by atoms with E-state index in [1.54, 1.807) is 11.7 Å². The lowest BCUT2D eigenvalue weighted by Gasteiger charge is -2.16. The number of aryl methyl sites for hydroxylation is 1. The van der Waals surface area contributed by atoms with Gasteiger partial charge in [0, 0.05) is 13.5 Å². The van der Waals surface area contributed by atoms with Crippen LogP contribution in [0.2, 0.25) is 0 Å². The molecular formula is C23H35N3O5. The van der Waals surface area contributed by atoms with E-state index in [0.717, 1.165) is 12.8 Å². The van der Waals surface area contributed by atoms with Gasteiger partial charge in [-0.05, 0) is 45.6 Å². The van der Waals surface area contributed by atoms with Gasteiger partial charge in [0.1, 0.15) is 17.9 Å². The molecule has 0 spiro atoms. The third-order valence-corrected chi connectivity index (χ3v) is 4.92. The molecule has 8 nitrogen and oxygen atoms in total. The number of hydrogen-bond acceptors (Lipinski definition) is 7. The van der Waals surface area contributed by atoms with Crippen molar-refractivity contribution in [1.82, 2.24) is 15.0 Å². The molecule has 0 amide bonds. The standard InChI is InChI=1S/C23H35N3O5/c1-6-7-9-13-19-20(31-23(2,3)30-19)16-15-17-22(24-25-26(17)4)18(27)12-10-8-11-14-21(28)29-5/h7-10,15-16,18-20,27H,6,11-14H2,1-5H3/b9-7-,10-8-,16-15+/t18-,19+,20+/m0/s1. The van der Waals surface area contributed by atoms with Crippen molar-refractivity contribution < 1.29 is 24.1 Å². The van der Waals surface area contributed by atoms with Crippen LogP contribution in [0.5, 0.6) is 0 Å². The zero-order valence-corrected chi connectivity index (χ0v) is 19.2. The minimum Gasteiger partial charge on any atom is -0.469 e. The van der Waals surface area contributed by atoms with Crippen LogP contribution >= 0.6 is 0 Å². The molecule has 1 aromatic heterocycles. The Hall–Kier alpha value is -2.29. The van der Waals surface area contributed by atoms with Crippen LogP contribution in [0.1, 0.15) is 70.4 Å². The summed E-state index contributed by atoms with van der Waals surface area (Å²) in [6.45, 7) is 5.91. The quantitative estimate of drug-likeness (QED) is 0.420. The van der Waals surface area contributed by atoms with Crippen LogP contribution in [0.3, 0.4) is 0 Å². The molecule has 0 aromatic carbocycles. The zero-order chi connectivity index (χ0) is 22.9. The summed E-state index contributed by atoms with van der Waals surface area (Å²) >= 11 is 0. The van der Waals surface area contributed by atoms with E-state index in [1.807, 2.05) is 38.2 Å². The Morgan fingerprint density at radius 2 is 2.06 bits per heavy atom. The number of carbonyl (C=O) groups is 1. The summed E-state index contributed by atoms with van der Waals surface area (Å²) in [5.74, 6) is -0.904. The minimum absolute atomic E-state index is 0.0821. The average molecular weight is 434 g/mol. The lowest BCUT2D eigenvalue weighted by atomic mass is 10.1. The highest BCUT2D eigenvalue weighted by Crippen LogP contribution is 2.31. The number of methoxy groups -OCH3 is 1. The second-order valence-electron chi connectivity index (χ2n) is 7.93. The maximum Gasteiger partial charge on any atom is 0.305 e. The molecule has 3 atom stereocenters. The van der Waals surface area contributed by atoms with Crippen molar-refractivity contribution in [3.63, 3.8) is 0 Å². The Morgan fingerprint density at radius 1 is 1.29 bits per heavy atom. The Bertz CT molecular complexity index is 797. The van der Waals surface area contributed by atoms with Crippen molar-refractivity contribution in [3.05, 3.63) is 41.8 Å². The van der Waals surface area contributed by atoms with Gasteiger partial charge in [-0.1, -0.05) is 42.5 Å². The smallest absolute Gasteiger partial charge is 0.305 e. The first-order chi connectivity index (χ1) is 14.8. The van der Waals surface area contributed by atoms with Gasteiger partial charge >= 0.3 is 5.97 Å². The van der Waals surface area contributed by atoms with Gasteiger partial charge in [0.2, 0.25) is 0 Å². The second kappa shape index (κ2) is 11.9. The van der Waals surface area contributed by atoms with E-state index >= 15 is 0 Å². The predicted molar refractivity (Wildman–Crippen MR) is 118 cm³/mol. The SMILES string of the molecule is CC/C=C\C[C@H]1OC(C)(C)O[C@@H]1/C=C/c1c([C@@H](O)C/C=C\CCC(=O)OC)nnn1C. The summed E-state index contributed by atoms with van der Waals surface area (Å²) in [5.41, 5.74) is 1.21. The first-order valence-electron chi connectivity index (χ1n) is 10.8. The van der Waals surface area contributed by atoms with Gasteiger partial charge in [-0.25, -0.2) is 4.68 Å². The van der Waals surface area contributed by atoms with Crippen molar-refractivity contribution in [2.45, 2.75) is 77.0 Å². The molecule has 172 valence electrons. The molecule has 0 unspecified atom stereocenters. The molecule has 1 fully saturated rings. The number of aliphatic hydroxyl groups excluding tert-OH is 1. The largest absolute Gasteiger partial charge is 0.469 e. The number of esters is 1.